The van der Waals surface area contributed by atoms with E-state index in [0.29, 0.717) is 24.1 Å². The molecule has 0 radical (unpaired) electrons. The molecule has 1 aliphatic carbocycles. The Bertz CT molecular complexity index is 1330. The summed E-state index contributed by atoms with van der Waals surface area (Å²) >= 11 is 0. The molecule has 1 aromatic carbocycles. The van der Waals surface area contributed by atoms with Gasteiger partial charge in [0.05, 0.1) is 17.8 Å². The molecule has 0 unspecified atom stereocenters. The van der Waals surface area contributed by atoms with Crippen molar-refractivity contribution in [3.63, 3.8) is 0 Å². The molecule has 4 rings (SSSR count). The van der Waals surface area contributed by atoms with Gasteiger partial charge in [-0.15, -0.1) is 0 Å². The Morgan fingerprint density at radius 2 is 1.95 bits per heavy atom. The van der Waals surface area contributed by atoms with Crippen LogP contribution in [0.25, 0.3) is 10.9 Å². The van der Waals surface area contributed by atoms with Gasteiger partial charge in [-0.05, 0) is 64.0 Å². The number of aromatic nitrogens is 3. The molecule has 1 aliphatic rings. The van der Waals surface area contributed by atoms with Gasteiger partial charge >= 0.3 is 5.97 Å². The lowest BCUT2D eigenvalue weighted by molar-refractivity contribution is 0.00624. The average molecular weight is 504 g/mol. The van der Waals surface area contributed by atoms with Crippen molar-refractivity contribution in [2.45, 2.75) is 39.2 Å². The number of fused-ring (bicyclic) bond motifs is 1. The van der Waals surface area contributed by atoms with Crippen LogP contribution in [0.3, 0.4) is 0 Å². The van der Waals surface area contributed by atoms with Gasteiger partial charge in [0.15, 0.2) is 5.69 Å². The molecule has 2 aromatic heterocycles. The van der Waals surface area contributed by atoms with Gasteiger partial charge in [-0.3, -0.25) is 0 Å². The fourth-order valence-electron chi connectivity index (χ4n) is 3.83. The van der Waals surface area contributed by atoms with E-state index in [1.807, 2.05) is 39.0 Å². The Hall–Kier alpha value is -3.98. The fraction of sp³-hybridized carbons (Fsp3) is 0.357. The van der Waals surface area contributed by atoms with Crippen molar-refractivity contribution >= 4 is 22.8 Å². The van der Waals surface area contributed by atoms with Gasteiger partial charge in [0.1, 0.15) is 17.1 Å². The van der Waals surface area contributed by atoms with Crippen LogP contribution < -0.4 is 10.1 Å². The van der Waals surface area contributed by atoms with Crippen LogP contribution in [0, 0.1) is 0 Å². The minimum atomic E-state index is -0.604. The maximum atomic E-state index is 12.3. The standard InChI is InChI=1S/C28H33N5O4/c1-28(2,3)37-26(34)24-17-21(12-13-29-24)36-20-10-11-22-19(16-20)18-30-27(31-22)32-23-8-6-7-9-25(23)33(4)14-15-35-5/h6,8,10-13,16-18H,7,9,14-15H2,1-5H3,(H,30,31,32). The Kier molecular flexibility index (Phi) is 8.03. The summed E-state index contributed by atoms with van der Waals surface area (Å²) in [5.74, 6) is 1.10. The van der Waals surface area contributed by atoms with Gasteiger partial charge in [-0.25, -0.2) is 19.7 Å². The quantitative estimate of drug-likeness (QED) is 0.389. The Balaban J connectivity index is 1.49. The van der Waals surface area contributed by atoms with Gasteiger partial charge in [0.2, 0.25) is 5.95 Å². The Labute approximate surface area is 217 Å². The number of hydrogen-bond donors (Lipinski definition) is 1. The maximum Gasteiger partial charge on any atom is 0.357 e. The highest BCUT2D eigenvalue weighted by atomic mass is 16.6. The van der Waals surface area contributed by atoms with Gasteiger partial charge in [-0.2, -0.15) is 0 Å². The van der Waals surface area contributed by atoms with E-state index < -0.39 is 11.6 Å². The molecule has 9 heteroatoms. The zero-order valence-corrected chi connectivity index (χ0v) is 21.9. The van der Waals surface area contributed by atoms with Crippen LogP contribution in [0.1, 0.15) is 44.1 Å². The van der Waals surface area contributed by atoms with Crippen molar-refractivity contribution in [3.8, 4) is 11.5 Å². The van der Waals surface area contributed by atoms with E-state index in [-0.39, 0.29) is 5.69 Å². The van der Waals surface area contributed by atoms with E-state index in [4.69, 9.17) is 14.2 Å². The predicted octanol–water partition coefficient (Wildman–Crippen LogP) is 5.32. The molecule has 1 N–H and O–H groups in total. The van der Waals surface area contributed by atoms with Gasteiger partial charge in [0.25, 0.3) is 0 Å². The lowest BCUT2D eigenvalue weighted by Gasteiger charge is -2.27. The molecule has 0 amide bonds. The maximum absolute atomic E-state index is 12.3. The second kappa shape index (κ2) is 11.4. The summed E-state index contributed by atoms with van der Waals surface area (Å²) in [5.41, 5.74) is 2.56. The number of benzene rings is 1. The molecule has 0 saturated carbocycles. The van der Waals surface area contributed by atoms with E-state index in [1.165, 1.54) is 11.9 Å². The first-order valence-corrected chi connectivity index (χ1v) is 12.2. The van der Waals surface area contributed by atoms with Crippen LogP contribution >= 0.6 is 0 Å². The molecular weight excluding hydrogens is 470 g/mol. The molecule has 0 aliphatic heterocycles. The largest absolute Gasteiger partial charge is 0.457 e. The zero-order chi connectivity index (χ0) is 26.4. The number of nitrogens with zero attached hydrogens (tertiary/aromatic N) is 4. The van der Waals surface area contributed by atoms with Crippen LogP contribution in [0.15, 0.2) is 66.3 Å². The second-order valence-electron chi connectivity index (χ2n) is 9.74. The highest BCUT2D eigenvalue weighted by molar-refractivity contribution is 5.88. The number of allylic oxidation sites excluding steroid dienone is 3. The topological polar surface area (TPSA) is 98.7 Å². The Morgan fingerprint density at radius 1 is 1.14 bits per heavy atom. The van der Waals surface area contributed by atoms with Gasteiger partial charge < -0.3 is 24.4 Å². The minimum Gasteiger partial charge on any atom is -0.457 e. The van der Waals surface area contributed by atoms with Gasteiger partial charge in [0, 0.05) is 50.2 Å². The van der Waals surface area contributed by atoms with E-state index in [9.17, 15) is 4.79 Å². The van der Waals surface area contributed by atoms with Crippen LogP contribution in [-0.2, 0) is 9.47 Å². The first-order chi connectivity index (χ1) is 17.7. The molecule has 2 heterocycles. The average Bonchev–Trinajstić information content (AvgIpc) is 2.87. The fourth-order valence-corrected chi connectivity index (χ4v) is 3.83. The molecule has 0 atom stereocenters. The highest BCUT2D eigenvalue weighted by Gasteiger charge is 2.19. The summed E-state index contributed by atoms with van der Waals surface area (Å²) in [6.07, 6.45) is 9.44. The number of pyridine rings is 1. The molecule has 9 nitrogen and oxygen atoms in total. The van der Waals surface area contributed by atoms with Crippen molar-refractivity contribution in [2.24, 2.45) is 0 Å². The third-order valence-corrected chi connectivity index (χ3v) is 5.61. The van der Waals surface area contributed by atoms with E-state index >= 15 is 0 Å². The molecule has 3 aromatic rings. The number of likely N-dealkylation sites (N-methyl/N-ethyl adjacent to an activating group) is 1. The molecule has 37 heavy (non-hydrogen) atoms. The summed E-state index contributed by atoms with van der Waals surface area (Å²) in [5, 5.41) is 4.20. The van der Waals surface area contributed by atoms with Gasteiger partial charge in [-0.1, -0.05) is 6.08 Å². The monoisotopic (exact) mass is 503 g/mol. The van der Waals surface area contributed by atoms with E-state index in [1.54, 1.807) is 25.4 Å². The van der Waals surface area contributed by atoms with Crippen molar-refractivity contribution < 1.29 is 19.0 Å². The number of rotatable bonds is 9. The van der Waals surface area contributed by atoms with Crippen molar-refractivity contribution in [1.29, 1.82) is 0 Å². The molecule has 0 fully saturated rings. The second-order valence-corrected chi connectivity index (χ2v) is 9.74. The van der Waals surface area contributed by atoms with E-state index in [0.717, 1.165) is 36.0 Å². The molecule has 0 bridgehead atoms. The third kappa shape index (κ3) is 7.04. The minimum absolute atomic E-state index is 0.186. The molecule has 0 saturated heterocycles. The molecule has 194 valence electrons. The third-order valence-electron chi connectivity index (χ3n) is 5.61. The number of anilines is 1. The summed E-state index contributed by atoms with van der Waals surface area (Å²) in [6.45, 7) is 6.91. The smallest absolute Gasteiger partial charge is 0.357 e. The number of carbonyl (C=O) groups excluding carboxylic acids is 1. The number of carbonyl (C=O) groups is 1. The van der Waals surface area contributed by atoms with Crippen LogP contribution in [0.2, 0.25) is 0 Å². The number of ether oxygens (including phenoxy) is 3. The normalized spacial score (nSPS) is 13.5. The Morgan fingerprint density at radius 3 is 2.73 bits per heavy atom. The van der Waals surface area contributed by atoms with Crippen LogP contribution in [0.4, 0.5) is 5.95 Å². The first-order valence-electron chi connectivity index (χ1n) is 12.2. The number of nitrogens with one attached hydrogen (secondary N) is 1. The number of methoxy groups -OCH3 is 1. The summed E-state index contributed by atoms with van der Waals surface area (Å²) in [4.78, 5) is 27.8. The summed E-state index contributed by atoms with van der Waals surface area (Å²) in [7, 11) is 3.77. The number of esters is 1. The number of hydrogen-bond acceptors (Lipinski definition) is 9. The molecular formula is C28H33N5O4. The SMILES string of the molecule is COCCN(C)C1=C(Nc2ncc3cc(Oc4ccnc(C(=O)OC(C)(C)C)c4)ccc3n2)C=CCC1. The van der Waals surface area contributed by atoms with Crippen molar-refractivity contribution in [2.75, 3.05) is 32.6 Å². The van der Waals surface area contributed by atoms with E-state index in [2.05, 4.69) is 44.4 Å². The van der Waals surface area contributed by atoms with Crippen molar-refractivity contribution in [1.82, 2.24) is 19.9 Å². The summed E-state index contributed by atoms with van der Waals surface area (Å²) < 4.78 is 16.6. The van der Waals surface area contributed by atoms with Crippen molar-refractivity contribution in [3.05, 3.63) is 72.0 Å². The lowest BCUT2D eigenvalue weighted by atomic mass is 10.1. The molecule has 0 spiro atoms. The summed E-state index contributed by atoms with van der Waals surface area (Å²) in [6, 6.07) is 8.82. The highest BCUT2D eigenvalue weighted by Crippen LogP contribution is 2.27. The first kappa shape index (κ1) is 26.1. The zero-order valence-electron chi connectivity index (χ0n) is 21.9. The van der Waals surface area contributed by atoms with Crippen LogP contribution in [-0.4, -0.2) is 58.7 Å². The van der Waals surface area contributed by atoms with Crippen LogP contribution in [0.5, 0.6) is 11.5 Å². The predicted molar refractivity (Wildman–Crippen MR) is 143 cm³/mol. The lowest BCUT2D eigenvalue weighted by Crippen LogP contribution is -2.26.